The van der Waals surface area contributed by atoms with Gasteiger partial charge in [-0.05, 0) is 103 Å². The van der Waals surface area contributed by atoms with Crippen molar-refractivity contribution in [2.24, 2.45) is 0 Å². The molecule has 58 heavy (non-hydrogen) atoms. The standard InChI is InChI=1S/C53H82O5/c1-3-5-7-9-11-13-15-17-19-21-22-23-24-25-26-27-28-29-30-32-34-36-38-40-42-44-46-48-53(56)58-51(49-54)50-57-52(55)47-45-43-41-39-37-35-33-31-20-18-16-14-12-10-8-6-4-2/h5-8,11-14,17-20,22-23,25-26,28-29,33,35,39,41,51,54H,3-4,9-10,15-16,21,24,27,30-32,34,36-38,40,42-50H2,1-2H3/b7-5-,8-6-,13-11-,14-12-,19-17-,20-18-,23-22-,26-25-,29-28-,35-33-,41-39-. The van der Waals surface area contributed by atoms with Crippen LogP contribution in [0.15, 0.2) is 134 Å². The molecule has 1 unspecified atom stereocenters. The van der Waals surface area contributed by atoms with Crippen molar-refractivity contribution < 1.29 is 24.2 Å². The molecule has 0 fully saturated rings. The van der Waals surface area contributed by atoms with Gasteiger partial charge >= 0.3 is 11.9 Å². The predicted molar refractivity (Wildman–Crippen MR) is 251 cm³/mol. The van der Waals surface area contributed by atoms with E-state index in [0.717, 1.165) is 103 Å². The van der Waals surface area contributed by atoms with E-state index in [1.165, 1.54) is 32.1 Å². The summed E-state index contributed by atoms with van der Waals surface area (Å²) in [6.45, 7) is 3.83. The zero-order valence-electron chi connectivity index (χ0n) is 36.7. The highest BCUT2D eigenvalue weighted by molar-refractivity contribution is 5.70. The molecule has 0 heterocycles. The lowest BCUT2D eigenvalue weighted by atomic mass is 10.1. The summed E-state index contributed by atoms with van der Waals surface area (Å²) in [5, 5.41) is 9.59. The van der Waals surface area contributed by atoms with E-state index in [2.05, 4.69) is 148 Å². The lowest BCUT2D eigenvalue weighted by molar-refractivity contribution is -0.161. The van der Waals surface area contributed by atoms with Gasteiger partial charge in [-0.25, -0.2) is 0 Å². The fourth-order valence-corrected chi connectivity index (χ4v) is 5.59. The third kappa shape index (κ3) is 44.8. The zero-order chi connectivity index (χ0) is 42.1. The summed E-state index contributed by atoms with van der Waals surface area (Å²) < 4.78 is 10.6. The van der Waals surface area contributed by atoms with Crippen molar-refractivity contribution in [3.05, 3.63) is 134 Å². The molecule has 0 radical (unpaired) electrons. The van der Waals surface area contributed by atoms with Crippen molar-refractivity contribution >= 4 is 11.9 Å². The maximum Gasteiger partial charge on any atom is 0.306 e. The first-order valence-corrected chi connectivity index (χ1v) is 22.7. The number of hydrogen-bond acceptors (Lipinski definition) is 5. The SMILES string of the molecule is CC/C=C\C/C=C\C/C=C\C/C=C\C/C=C\C/C=C\CCCCCCCCCCC(=O)OC(CO)COC(=O)CCC/C=C\C/C=C\C/C=C\C/C=C\C/C=C\CC. The summed E-state index contributed by atoms with van der Waals surface area (Å²) in [6, 6.07) is 0. The molecule has 1 atom stereocenters. The summed E-state index contributed by atoms with van der Waals surface area (Å²) in [6.07, 6.45) is 71.0. The Hall–Kier alpha value is -3.96. The van der Waals surface area contributed by atoms with Crippen molar-refractivity contribution in [2.45, 2.75) is 174 Å². The summed E-state index contributed by atoms with van der Waals surface area (Å²) in [5.41, 5.74) is 0. The van der Waals surface area contributed by atoms with Gasteiger partial charge in [0.2, 0.25) is 0 Å². The summed E-state index contributed by atoms with van der Waals surface area (Å²) >= 11 is 0. The van der Waals surface area contributed by atoms with E-state index in [9.17, 15) is 14.7 Å². The molecular weight excluding hydrogens is 717 g/mol. The van der Waals surface area contributed by atoms with Crippen LogP contribution in [0.25, 0.3) is 0 Å². The number of ether oxygens (including phenoxy) is 2. The number of aliphatic hydroxyl groups excluding tert-OH is 1. The van der Waals surface area contributed by atoms with Gasteiger partial charge in [0.05, 0.1) is 6.61 Å². The second-order valence-corrected chi connectivity index (χ2v) is 14.4. The van der Waals surface area contributed by atoms with Gasteiger partial charge in [0.1, 0.15) is 6.61 Å². The van der Waals surface area contributed by atoms with E-state index in [0.29, 0.717) is 19.3 Å². The van der Waals surface area contributed by atoms with Gasteiger partial charge in [-0.3, -0.25) is 9.59 Å². The first-order valence-electron chi connectivity index (χ1n) is 22.7. The summed E-state index contributed by atoms with van der Waals surface area (Å²) in [5.74, 6) is -0.682. The van der Waals surface area contributed by atoms with Crippen LogP contribution in [0.3, 0.4) is 0 Å². The van der Waals surface area contributed by atoms with Gasteiger partial charge in [-0.15, -0.1) is 0 Å². The fraction of sp³-hybridized carbons (Fsp3) is 0.547. The van der Waals surface area contributed by atoms with Gasteiger partial charge < -0.3 is 14.6 Å². The van der Waals surface area contributed by atoms with Crippen LogP contribution in [0.2, 0.25) is 0 Å². The lowest BCUT2D eigenvalue weighted by Crippen LogP contribution is -2.28. The Balaban J connectivity index is 3.68. The maximum atomic E-state index is 12.2. The Bertz CT molecular complexity index is 1270. The molecule has 1 N–H and O–H groups in total. The van der Waals surface area contributed by atoms with Crippen LogP contribution < -0.4 is 0 Å². The predicted octanol–water partition coefficient (Wildman–Crippen LogP) is 15.0. The van der Waals surface area contributed by atoms with Crippen molar-refractivity contribution in [3.8, 4) is 0 Å². The van der Waals surface area contributed by atoms with Crippen LogP contribution in [-0.4, -0.2) is 36.4 Å². The molecule has 0 aromatic heterocycles. The van der Waals surface area contributed by atoms with Crippen molar-refractivity contribution in [1.82, 2.24) is 0 Å². The first-order chi connectivity index (χ1) is 28.6. The highest BCUT2D eigenvalue weighted by atomic mass is 16.6. The number of hydrogen-bond donors (Lipinski definition) is 1. The average Bonchev–Trinajstić information content (AvgIpc) is 3.23. The van der Waals surface area contributed by atoms with Crippen LogP contribution in [0.4, 0.5) is 0 Å². The highest BCUT2D eigenvalue weighted by Crippen LogP contribution is 2.12. The van der Waals surface area contributed by atoms with E-state index >= 15 is 0 Å². The van der Waals surface area contributed by atoms with Crippen LogP contribution in [0, 0.1) is 0 Å². The van der Waals surface area contributed by atoms with E-state index in [1.54, 1.807) is 0 Å². The Morgan fingerprint density at radius 2 is 0.707 bits per heavy atom. The molecule has 5 nitrogen and oxygen atoms in total. The van der Waals surface area contributed by atoms with Crippen LogP contribution in [0.1, 0.15) is 168 Å². The van der Waals surface area contributed by atoms with Crippen molar-refractivity contribution in [1.29, 1.82) is 0 Å². The number of esters is 2. The van der Waals surface area contributed by atoms with E-state index in [-0.39, 0.29) is 25.2 Å². The smallest absolute Gasteiger partial charge is 0.306 e. The molecule has 0 amide bonds. The molecule has 0 aliphatic carbocycles. The normalized spacial score (nSPS) is 13.5. The van der Waals surface area contributed by atoms with E-state index < -0.39 is 6.10 Å². The fourth-order valence-electron chi connectivity index (χ4n) is 5.59. The van der Waals surface area contributed by atoms with Gasteiger partial charge in [0, 0.05) is 12.8 Å². The van der Waals surface area contributed by atoms with Crippen molar-refractivity contribution in [2.75, 3.05) is 13.2 Å². The monoisotopic (exact) mass is 799 g/mol. The second kappa shape index (κ2) is 47.4. The number of rotatable bonds is 39. The highest BCUT2D eigenvalue weighted by Gasteiger charge is 2.16. The van der Waals surface area contributed by atoms with E-state index in [4.69, 9.17) is 9.47 Å². The van der Waals surface area contributed by atoms with Gasteiger partial charge in [-0.2, -0.15) is 0 Å². The molecular formula is C53H82O5. The van der Waals surface area contributed by atoms with Gasteiger partial charge in [0.25, 0.3) is 0 Å². The molecule has 0 aliphatic rings. The Labute approximate surface area is 355 Å². The molecule has 0 rings (SSSR count). The largest absolute Gasteiger partial charge is 0.462 e. The zero-order valence-corrected chi connectivity index (χ0v) is 36.7. The Kier molecular flexibility index (Phi) is 44.2. The molecule has 0 aromatic carbocycles. The Morgan fingerprint density at radius 3 is 1.09 bits per heavy atom. The number of carbonyl (C=O) groups excluding carboxylic acids is 2. The van der Waals surface area contributed by atoms with Crippen LogP contribution in [0.5, 0.6) is 0 Å². The average molecular weight is 799 g/mol. The minimum atomic E-state index is -0.810. The molecule has 0 aromatic rings. The third-order valence-corrected chi connectivity index (χ3v) is 8.94. The Morgan fingerprint density at radius 1 is 0.397 bits per heavy atom. The molecule has 0 spiro atoms. The van der Waals surface area contributed by atoms with Crippen LogP contribution in [-0.2, 0) is 19.1 Å². The molecule has 0 saturated heterocycles. The number of allylic oxidation sites excluding steroid dienone is 22. The summed E-state index contributed by atoms with van der Waals surface area (Å²) in [4.78, 5) is 24.3. The number of aliphatic hydroxyl groups is 1. The molecule has 5 heteroatoms. The second-order valence-electron chi connectivity index (χ2n) is 14.4. The van der Waals surface area contributed by atoms with Gasteiger partial charge in [-0.1, -0.05) is 186 Å². The third-order valence-electron chi connectivity index (χ3n) is 8.94. The molecule has 0 bridgehead atoms. The molecule has 324 valence electrons. The quantitative estimate of drug-likeness (QED) is 0.0381. The first kappa shape index (κ1) is 54.0. The summed E-state index contributed by atoms with van der Waals surface area (Å²) in [7, 11) is 0. The van der Waals surface area contributed by atoms with E-state index in [1.807, 2.05) is 0 Å². The minimum absolute atomic E-state index is 0.108. The number of unbranched alkanes of at least 4 members (excludes halogenated alkanes) is 9. The van der Waals surface area contributed by atoms with Crippen molar-refractivity contribution in [3.63, 3.8) is 0 Å². The molecule has 0 saturated carbocycles. The topological polar surface area (TPSA) is 72.8 Å². The molecule has 0 aliphatic heterocycles. The minimum Gasteiger partial charge on any atom is -0.462 e. The van der Waals surface area contributed by atoms with Crippen LogP contribution >= 0.6 is 0 Å². The maximum absolute atomic E-state index is 12.2. The lowest BCUT2D eigenvalue weighted by Gasteiger charge is -2.15. The van der Waals surface area contributed by atoms with Gasteiger partial charge in [0.15, 0.2) is 6.10 Å². The number of carbonyl (C=O) groups is 2.